The number of esters is 2. The van der Waals surface area contributed by atoms with Gasteiger partial charge >= 0.3 is 11.9 Å². The standard InChI is InChI=1S/C18H34O4.Sn/c1-3-5-7-9-11-13-15-21-17(19)18(20)22-16-14-12-10-8-6-4-2;/h3-16H2,1-2H3;. The van der Waals surface area contributed by atoms with E-state index in [4.69, 9.17) is 9.47 Å². The van der Waals surface area contributed by atoms with Gasteiger partial charge in [0.1, 0.15) is 0 Å². The van der Waals surface area contributed by atoms with E-state index in [0.29, 0.717) is 13.2 Å². The third kappa shape index (κ3) is 17.9. The SMILES string of the molecule is CCCCCCCCOC(=O)C(=O)OCCCCCCCC.[Sn]. The second-order valence-electron chi connectivity index (χ2n) is 5.81. The molecule has 0 aromatic heterocycles. The molecule has 0 rings (SSSR count). The van der Waals surface area contributed by atoms with Crippen molar-refractivity contribution in [1.29, 1.82) is 0 Å². The van der Waals surface area contributed by atoms with E-state index in [1.807, 2.05) is 0 Å². The van der Waals surface area contributed by atoms with Gasteiger partial charge in [0.25, 0.3) is 0 Å². The van der Waals surface area contributed by atoms with Crippen LogP contribution in [0.25, 0.3) is 0 Å². The Balaban J connectivity index is 0. The maximum absolute atomic E-state index is 11.4. The zero-order valence-electron chi connectivity index (χ0n) is 15.0. The molecule has 0 atom stereocenters. The summed E-state index contributed by atoms with van der Waals surface area (Å²) < 4.78 is 9.81. The third-order valence-corrected chi connectivity index (χ3v) is 3.63. The number of ether oxygens (including phenoxy) is 2. The fourth-order valence-corrected chi connectivity index (χ4v) is 2.21. The predicted octanol–water partition coefficient (Wildman–Crippen LogP) is 4.41. The molecule has 0 aromatic carbocycles. The van der Waals surface area contributed by atoms with Gasteiger partial charge < -0.3 is 9.47 Å². The summed E-state index contributed by atoms with van der Waals surface area (Å²) in [5.74, 6) is -1.70. The summed E-state index contributed by atoms with van der Waals surface area (Å²) in [5.41, 5.74) is 0. The Bertz CT molecular complexity index is 254. The molecule has 0 N–H and O–H groups in total. The summed E-state index contributed by atoms with van der Waals surface area (Å²) in [6, 6.07) is 0. The number of carbonyl (C=O) groups is 2. The van der Waals surface area contributed by atoms with Crippen LogP contribution in [0.3, 0.4) is 0 Å². The summed E-state index contributed by atoms with van der Waals surface area (Å²) >= 11 is 0. The second kappa shape index (κ2) is 19.8. The molecule has 0 aliphatic carbocycles. The molecule has 134 valence electrons. The molecule has 0 unspecified atom stereocenters. The van der Waals surface area contributed by atoms with Crippen molar-refractivity contribution in [3.8, 4) is 0 Å². The molecule has 0 bridgehead atoms. The molecule has 4 nitrogen and oxygen atoms in total. The van der Waals surface area contributed by atoms with Crippen LogP contribution in [-0.2, 0) is 19.1 Å². The predicted molar refractivity (Wildman–Crippen MR) is 94.4 cm³/mol. The van der Waals surface area contributed by atoms with Crippen LogP contribution in [0.4, 0.5) is 0 Å². The average molecular weight is 433 g/mol. The molecule has 0 saturated carbocycles. The number of carbonyl (C=O) groups excluding carboxylic acids is 2. The molecule has 4 radical (unpaired) electrons. The first-order valence-corrected chi connectivity index (χ1v) is 9.06. The molecule has 0 saturated heterocycles. The molecule has 0 amide bonds. The summed E-state index contributed by atoms with van der Waals surface area (Å²) in [5, 5.41) is 0. The van der Waals surface area contributed by atoms with Crippen molar-refractivity contribution < 1.29 is 19.1 Å². The number of rotatable bonds is 14. The van der Waals surface area contributed by atoms with Crippen molar-refractivity contribution >= 4 is 35.8 Å². The Hall–Kier alpha value is -0.261. The molecular formula is C18H34O4Sn. The van der Waals surface area contributed by atoms with E-state index in [0.717, 1.165) is 38.5 Å². The van der Waals surface area contributed by atoms with Crippen LogP contribution in [0.5, 0.6) is 0 Å². The summed E-state index contributed by atoms with van der Waals surface area (Å²) in [6.07, 6.45) is 13.5. The van der Waals surface area contributed by atoms with Gasteiger partial charge in [0.05, 0.1) is 13.2 Å². The van der Waals surface area contributed by atoms with Crippen molar-refractivity contribution in [2.75, 3.05) is 13.2 Å². The second-order valence-corrected chi connectivity index (χ2v) is 5.81. The van der Waals surface area contributed by atoms with E-state index in [-0.39, 0.29) is 23.9 Å². The van der Waals surface area contributed by atoms with Crippen LogP contribution in [0, 0.1) is 0 Å². The quantitative estimate of drug-likeness (QED) is 0.176. The van der Waals surface area contributed by atoms with Gasteiger partial charge in [0, 0.05) is 23.9 Å². The van der Waals surface area contributed by atoms with E-state index >= 15 is 0 Å². The van der Waals surface area contributed by atoms with E-state index in [1.54, 1.807) is 0 Å². The molecule has 5 heteroatoms. The minimum atomic E-state index is -0.848. The molecular weight excluding hydrogens is 399 g/mol. The van der Waals surface area contributed by atoms with Gasteiger partial charge in [-0.15, -0.1) is 0 Å². The molecule has 0 fully saturated rings. The first-order chi connectivity index (χ1) is 10.7. The van der Waals surface area contributed by atoms with Gasteiger partial charge in [0.15, 0.2) is 0 Å². The number of hydrogen-bond acceptors (Lipinski definition) is 4. The average Bonchev–Trinajstić information content (AvgIpc) is 2.52. The first-order valence-electron chi connectivity index (χ1n) is 9.06. The van der Waals surface area contributed by atoms with Crippen LogP contribution in [0.2, 0.25) is 0 Å². The topological polar surface area (TPSA) is 52.6 Å². The number of unbranched alkanes of at least 4 members (excludes halogenated alkanes) is 10. The van der Waals surface area contributed by atoms with Gasteiger partial charge in [-0.25, -0.2) is 9.59 Å². The van der Waals surface area contributed by atoms with E-state index in [9.17, 15) is 9.59 Å². The monoisotopic (exact) mass is 434 g/mol. The van der Waals surface area contributed by atoms with E-state index in [2.05, 4.69) is 13.8 Å². The smallest absolute Gasteiger partial charge is 0.417 e. The molecule has 0 heterocycles. The van der Waals surface area contributed by atoms with Crippen LogP contribution in [0.1, 0.15) is 90.9 Å². The Kier molecular flexibility index (Phi) is 21.5. The van der Waals surface area contributed by atoms with E-state index < -0.39 is 11.9 Å². The molecule has 0 aliphatic heterocycles. The third-order valence-electron chi connectivity index (χ3n) is 3.63. The first kappa shape index (κ1) is 25.0. The minimum Gasteiger partial charge on any atom is -0.457 e. The van der Waals surface area contributed by atoms with Gasteiger partial charge in [0.2, 0.25) is 0 Å². The van der Waals surface area contributed by atoms with Crippen LogP contribution >= 0.6 is 0 Å². The van der Waals surface area contributed by atoms with Crippen molar-refractivity contribution in [2.24, 2.45) is 0 Å². The molecule has 23 heavy (non-hydrogen) atoms. The van der Waals surface area contributed by atoms with Crippen LogP contribution in [0.15, 0.2) is 0 Å². The normalized spacial score (nSPS) is 10.0. The van der Waals surface area contributed by atoms with E-state index in [1.165, 1.54) is 38.5 Å². The maximum Gasteiger partial charge on any atom is 0.417 e. The fourth-order valence-electron chi connectivity index (χ4n) is 2.21. The zero-order chi connectivity index (χ0) is 16.5. The van der Waals surface area contributed by atoms with Crippen molar-refractivity contribution in [1.82, 2.24) is 0 Å². The summed E-state index contributed by atoms with van der Waals surface area (Å²) in [4.78, 5) is 22.8. The number of hydrogen-bond donors (Lipinski definition) is 0. The minimum absolute atomic E-state index is 0. The molecule has 0 aliphatic rings. The Morgan fingerprint density at radius 2 is 0.870 bits per heavy atom. The summed E-state index contributed by atoms with van der Waals surface area (Å²) in [7, 11) is 0. The summed E-state index contributed by atoms with van der Waals surface area (Å²) in [6.45, 7) is 4.99. The van der Waals surface area contributed by atoms with Gasteiger partial charge in [-0.1, -0.05) is 78.1 Å². The zero-order valence-corrected chi connectivity index (χ0v) is 17.9. The van der Waals surface area contributed by atoms with Gasteiger partial charge in [-0.3, -0.25) is 0 Å². The largest absolute Gasteiger partial charge is 0.457 e. The maximum atomic E-state index is 11.4. The van der Waals surface area contributed by atoms with Crippen molar-refractivity contribution in [3.63, 3.8) is 0 Å². The Labute approximate surface area is 159 Å². The van der Waals surface area contributed by atoms with Crippen molar-refractivity contribution in [2.45, 2.75) is 90.9 Å². The molecule has 0 spiro atoms. The van der Waals surface area contributed by atoms with Crippen LogP contribution < -0.4 is 0 Å². The van der Waals surface area contributed by atoms with Gasteiger partial charge in [-0.2, -0.15) is 0 Å². The fraction of sp³-hybridized carbons (Fsp3) is 0.889. The Morgan fingerprint density at radius 1 is 0.565 bits per heavy atom. The van der Waals surface area contributed by atoms with Crippen LogP contribution in [-0.4, -0.2) is 49.1 Å². The molecule has 0 aromatic rings. The van der Waals surface area contributed by atoms with Crippen molar-refractivity contribution in [3.05, 3.63) is 0 Å². The van der Waals surface area contributed by atoms with Gasteiger partial charge in [-0.05, 0) is 12.8 Å². The Morgan fingerprint density at radius 3 is 1.22 bits per heavy atom.